The van der Waals surface area contributed by atoms with Crippen LogP contribution in [0.2, 0.25) is 0 Å². The molecule has 6 nitrogen and oxygen atoms in total. The van der Waals surface area contributed by atoms with Gasteiger partial charge in [0.05, 0.1) is 11.0 Å². The van der Waals surface area contributed by atoms with Gasteiger partial charge in [-0.05, 0) is 50.8 Å². The van der Waals surface area contributed by atoms with E-state index in [0.717, 1.165) is 65.4 Å². The maximum Gasteiger partial charge on any atom is 0.223 e. The van der Waals surface area contributed by atoms with Crippen molar-refractivity contribution in [3.63, 3.8) is 0 Å². The second-order valence-electron chi connectivity index (χ2n) is 11.7. The summed E-state index contributed by atoms with van der Waals surface area (Å²) in [7, 11) is 0. The topological polar surface area (TPSA) is 77.0 Å². The van der Waals surface area contributed by atoms with Gasteiger partial charge >= 0.3 is 0 Å². The summed E-state index contributed by atoms with van der Waals surface area (Å²) in [5.74, 6) is 1.77. The van der Waals surface area contributed by atoms with E-state index in [2.05, 4.69) is 74.5 Å². The van der Waals surface area contributed by atoms with Gasteiger partial charge in [0.25, 0.3) is 0 Å². The van der Waals surface area contributed by atoms with E-state index >= 15 is 0 Å². The van der Waals surface area contributed by atoms with Crippen LogP contribution >= 0.6 is 0 Å². The van der Waals surface area contributed by atoms with Crippen molar-refractivity contribution in [2.24, 2.45) is 0 Å². The fourth-order valence-corrected chi connectivity index (χ4v) is 5.25. The first-order chi connectivity index (χ1) is 18.7. The van der Waals surface area contributed by atoms with E-state index in [1.807, 2.05) is 23.1 Å². The predicted octanol–water partition coefficient (Wildman–Crippen LogP) is 7.66. The van der Waals surface area contributed by atoms with Gasteiger partial charge in [-0.3, -0.25) is 4.79 Å². The molecular formula is C33H45N5O. The zero-order valence-corrected chi connectivity index (χ0v) is 24.5. The summed E-state index contributed by atoms with van der Waals surface area (Å²) in [5, 5.41) is 1.08. The van der Waals surface area contributed by atoms with Crippen LogP contribution in [0, 0.1) is 0 Å². The maximum atomic E-state index is 13.1. The molecule has 0 saturated carbocycles. The maximum absolute atomic E-state index is 13.1. The highest BCUT2D eigenvalue weighted by Crippen LogP contribution is 2.30. The van der Waals surface area contributed by atoms with Gasteiger partial charge in [-0.25, -0.2) is 9.97 Å². The molecule has 6 heteroatoms. The molecule has 0 unspecified atom stereocenters. The van der Waals surface area contributed by atoms with Gasteiger partial charge in [-0.2, -0.15) is 0 Å². The first-order valence-corrected chi connectivity index (χ1v) is 14.6. The second kappa shape index (κ2) is 12.6. The Morgan fingerprint density at radius 1 is 0.897 bits per heavy atom. The monoisotopic (exact) mass is 527 g/mol. The summed E-state index contributed by atoms with van der Waals surface area (Å²) < 4.78 is 2.32. The second-order valence-corrected chi connectivity index (χ2v) is 11.7. The number of carbonyl (C=O) groups is 1. The Hall–Kier alpha value is -3.41. The summed E-state index contributed by atoms with van der Waals surface area (Å²) >= 11 is 0. The molecule has 2 N–H and O–H groups in total. The van der Waals surface area contributed by atoms with Crippen LogP contribution in [0.3, 0.4) is 0 Å². The van der Waals surface area contributed by atoms with Crippen LogP contribution in [0.1, 0.15) is 96.5 Å². The fourth-order valence-electron chi connectivity index (χ4n) is 5.25. The zero-order chi connectivity index (χ0) is 28.0. The van der Waals surface area contributed by atoms with Gasteiger partial charge in [0.2, 0.25) is 5.91 Å². The van der Waals surface area contributed by atoms with Crippen molar-refractivity contribution in [3.8, 4) is 0 Å². The molecule has 4 rings (SSSR count). The Morgan fingerprint density at radius 3 is 2.28 bits per heavy atom. The number of anilines is 1. The van der Waals surface area contributed by atoms with Crippen molar-refractivity contribution in [1.82, 2.24) is 19.4 Å². The average Bonchev–Trinajstić information content (AvgIpc) is 3.27. The first-order valence-electron chi connectivity index (χ1n) is 14.6. The normalized spacial score (nSPS) is 11.9. The van der Waals surface area contributed by atoms with Gasteiger partial charge in [0.1, 0.15) is 11.3 Å². The van der Waals surface area contributed by atoms with E-state index in [1.54, 1.807) is 0 Å². The minimum absolute atomic E-state index is 0.223. The summed E-state index contributed by atoms with van der Waals surface area (Å²) in [5.41, 5.74) is 11.2. The van der Waals surface area contributed by atoms with Crippen LogP contribution in [0.5, 0.6) is 0 Å². The summed E-state index contributed by atoms with van der Waals surface area (Å²) in [4.78, 5) is 24.7. The van der Waals surface area contributed by atoms with E-state index in [4.69, 9.17) is 10.7 Å². The van der Waals surface area contributed by atoms with Crippen LogP contribution in [-0.2, 0) is 24.3 Å². The first kappa shape index (κ1) is 28.6. The number of hydrogen-bond donors (Lipinski definition) is 1. The Bertz CT molecular complexity index is 1400. The molecular weight excluding hydrogens is 482 g/mol. The number of carbonyl (C=O) groups excluding carboxylic acids is 1. The molecule has 2 aromatic heterocycles. The molecule has 1 amide bonds. The number of aryl methyl sites for hydroxylation is 1. The lowest BCUT2D eigenvalue weighted by Gasteiger charge is -2.36. The number of amides is 1. The number of nitrogen functional groups attached to an aromatic ring is 1. The molecule has 39 heavy (non-hydrogen) atoms. The highest BCUT2D eigenvalue weighted by molar-refractivity contribution is 6.06. The van der Waals surface area contributed by atoms with Gasteiger partial charge < -0.3 is 15.2 Å². The highest BCUT2D eigenvalue weighted by Gasteiger charge is 2.26. The van der Waals surface area contributed by atoms with Crippen molar-refractivity contribution >= 4 is 33.7 Å². The van der Waals surface area contributed by atoms with Gasteiger partial charge in [-0.1, -0.05) is 82.0 Å². The quantitative estimate of drug-likeness (QED) is 0.192. The molecule has 0 aliphatic carbocycles. The summed E-state index contributed by atoms with van der Waals surface area (Å²) in [6, 6.07) is 16.9. The van der Waals surface area contributed by atoms with E-state index in [1.165, 1.54) is 18.4 Å². The Kier molecular flexibility index (Phi) is 9.26. The number of fused-ring (bicyclic) bond motifs is 3. The molecule has 208 valence electrons. The van der Waals surface area contributed by atoms with Crippen molar-refractivity contribution in [2.45, 2.75) is 105 Å². The fraction of sp³-hybridized carbons (Fsp3) is 0.485. The van der Waals surface area contributed by atoms with Crippen molar-refractivity contribution < 1.29 is 4.79 Å². The number of nitrogens with two attached hydrogens (primary N) is 1. The number of rotatable bonds is 12. The smallest absolute Gasteiger partial charge is 0.223 e. The third-order valence-corrected chi connectivity index (χ3v) is 7.50. The van der Waals surface area contributed by atoms with Crippen LogP contribution in [0.15, 0.2) is 48.5 Å². The molecule has 0 spiro atoms. The number of imidazole rings is 1. The molecule has 0 saturated heterocycles. The average molecular weight is 528 g/mol. The van der Waals surface area contributed by atoms with E-state index in [0.29, 0.717) is 25.3 Å². The largest absolute Gasteiger partial charge is 0.382 e. The standard InChI is InChI=1S/C33H45N5O/c1-6-8-10-11-17-29(39)38(33(3,4)5)23-25-20-18-24(19-21-25)22-37-28(16-9-7-2)36-30-31(37)26-14-12-13-15-27(26)35-32(30)34/h12-15,18-21H,6-11,16-17,22-23H2,1-5H3,(H2,34,35). The van der Waals surface area contributed by atoms with E-state index in [9.17, 15) is 4.79 Å². The van der Waals surface area contributed by atoms with Gasteiger partial charge in [-0.15, -0.1) is 0 Å². The number of aromatic nitrogens is 3. The number of para-hydroxylation sites is 1. The number of nitrogens with zero attached hydrogens (tertiary/aromatic N) is 4. The molecule has 2 heterocycles. The minimum Gasteiger partial charge on any atom is -0.382 e. The number of hydrogen-bond acceptors (Lipinski definition) is 4. The molecule has 2 aromatic carbocycles. The lowest BCUT2D eigenvalue weighted by Crippen LogP contribution is -2.45. The third-order valence-electron chi connectivity index (χ3n) is 7.50. The number of pyridine rings is 1. The Balaban J connectivity index is 1.60. The summed E-state index contributed by atoms with van der Waals surface area (Å²) in [6.07, 6.45) is 8.15. The number of unbranched alkanes of at least 4 members (excludes halogenated alkanes) is 4. The minimum atomic E-state index is -0.223. The molecule has 0 bridgehead atoms. The summed E-state index contributed by atoms with van der Waals surface area (Å²) in [6.45, 7) is 12.1. The van der Waals surface area contributed by atoms with Crippen LogP contribution in [0.25, 0.3) is 21.9 Å². The lowest BCUT2D eigenvalue weighted by molar-refractivity contribution is -0.136. The van der Waals surface area contributed by atoms with Crippen molar-refractivity contribution in [2.75, 3.05) is 5.73 Å². The molecule has 0 aliphatic heterocycles. The Morgan fingerprint density at radius 2 is 1.59 bits per heavy atom. The Labute approximate surface area is 233 Å². The SMILES string of the molecule is CCCCCCC(=O)N(Cc1ccc(Cn2c(CCCC)nc3c(N)nc4ccccc4c32)cc1)C(C)(C)C. The van der Waals surface area contributed by atoms with Crippen molar-refractivity contribution in [1.29, 1.82) is 0 Å². The molecule has 4 aromatic rings. The van der Waals surface area contributed by atoms with Crippen molar-refractivity contribution in [3.05, 3.63) is 65.5 Å². The molecule has 0 fully saturated rings. The third kappa shape index (κ3) is 6.78. The molecule has 0 radical (unpaired) electrons. The molecule has 0 aliphatic rings. The molecule has 0 atom stereocenters. The van der Waals surface area contributed by atoms with Crippen LogP contribution in [-0.4, -0.2) is 30.9 Å². The predicted molar refractivity (Wildman–Crippen MR) is 163 cm³/mol. The number of benzene rings is 2. The van der Waals surface area contributed by atoms with Gasteiger partial charge in [0, 0.05) is 36.9 Å². The van der Waals surface area contributed by atoms with Crippen LogP contribution in [0.4, 0.5) is 5.82 Å². The highest BCUT2D eigenvalue weighted by atomic mass is 16.2. The van der Waals surface area contributed by atoms with E-state index < -0.39 is 0 Å². The van der Waals surface area contributed by atoms with Crippen LogP contribution < -0.4 is 5.73 Å². The van der Waals surface area contributed by atoms with Gasteiger partial charge in [0.15, 0.2) is 5.82 Å². The lowest BCUT2D eigenvalue weighted by atomic mass is 10.0. The zero-order valence-electron chi connectivity index (χ0n) is 24.5. The van der Waals surface area contributed by atoms with E-state index in [-0.39, 0.29) is 11.4 Å².